The van der Waals surface area contributed by atoms with Gasteiger partial charge in [-0.15, -0.1) is 0 Å². The Bertz CT molecular complexity index is 716. The van der Waals surface area contributed by atoms with Crippen molar-refractivity contribution in [2.24, 2.45) is 0 Å². The van der Waals surface area contributed by atoms with E-state index in [4.69, 9.17) is 19.5 Å². The number of rotatable bonds is 28. The van der Waals surface area contributed by atoms with Crippen LogP contribution in [0.4, 0.5) is 0 Å². The molecule has 41 heavy (non-hydrogen) atoms. The van der Waals surface area contributed by atoms with Crippen LogP contribution < -0.4 is 4.89 Å². The second-order valence-corrected chi connectivity index (χ2v) is 13.8. The summed E-state index contributed by atoms with van der Waals surface area (Å²) in [5.41, 5.74) is 0. The van der Waals surface area contributed by atoms with Crippen molar-refractivity contribution < 1.29 is 43.3 Å². The lowest BCUT2D eigenvalue weighted by Crippen LogP contribution is -2.51. The topological polar surface area (TPSA) is 136 Å². The first-order chi connectivity index (χ1) is 19.5. The number of esters is 1. The van der Waals surface area contributed by atoms with Gasteiger partial charge < -0.3 is 38.5 Å². The Balaban J connectivity index is 3.86. The summed E-state index contributed by atoms with van der Waals surface area (Å²) in [4.78, 5) is 24.7. The number of carbonyl (C=O) groups excluding carboxylic acids is 1. The number of hydrogen-bond donors (Lipinski definition) is 3. The highest BCUT2D eigenvalue weighted by molar-refractivity contribution is 7.51. The average molecular weight is 608 g/mol. The monoisotopic (exact) mass is 607 g/mol. The van der Waals surface area contributed by atoms with Crippen molar-refractivity contribution in [3.8, 4) is 0 Å². The number of carbonyl (C=O) groups is 1. The smallest absolute Gasteiger partial charge is 0.305 e. The minimum atomic E-state index is -4.38. The zero-order valence-electron chi connectivity index (χ0n) is 26.5. The van der Waals surface area contributed by atoms with Gasteiger partial charge in [-0.25, -0.2) is 0 Å². The molecule has 0 spiro atoms. The zero-order chi connectivity index (χ0) is 31.0. The molecule has 0 aromatic carbocycles. The summed E-state index contributed by atoms with van der Waals surface area (Å²) in [7, 11) is -1.02. The van der Waals surface area contributed by atoms with Crippen LogP contribution in [0.3, 0.4) is 0 Å². The third-order valence-corrected chi connectivity index (χ3v) is 9.76. The van der Waals surface area contributed by atoms with Gasteiger partial charge in [0, 0.05) is 19.3 Å². The molecular weight excluding hydrogens is 545 g/mol. The molecule has 0 saturated heterocycles. The van der Waals surface area contributed by atoms with Gasteiger partial charge in [-0.2, -0.15) is 0 Å². The molecule has 0 rings (SSSR count). The van der Waals surface area contributed by atoms with E-state index >= 15 is 0 Å². The van der Waals surface area contributed by atoms with E-state index < -0.39 is 38.3 Å². The van der Waals surface area contributed by atoms with Crippen molar-refractivity contribution in [3.05, 3.63) is 12.2 Å². The summed E-state index contributed by atoms with van der Waals surface area (Å²) in [6, 6.07) is 0. The van der Waals surface area contributed by atoms with E-state index in [0.29, 0.717) is 0 Å². The van der Waals surface area contributed by atoms with Crippen molar-refractivity contribution in [1.29, 1.82) is 0 Å². The predicted octanol–water partition coefficient (Wildman–Crippen LogP) is 5.79. The molecule has 0 aliphatic carbocycles. The number of hydrogen-bond acceptors (Lipinski definition) is 8. The third kappa shape index (κ3) is 22.4. The minimum absolute atomic E-state index is 0.00304. The average Bonchev–Trinajstić information content (AvgIpc) is 2.91. The van der Waals surface area contributed by atoms with Crippen LogP contribution in [0, 0.1) is 0 Å². The van der Waals surface area contributed by atoms with Crippen molar-refractivity contribution in [2.45, 2.75) is 148 Å². The van der Waals surface area contributed by atoms with Crippen LogP contribution in [0.15, 0.2) is 12.2 Å². The molecule has 0 bridgehead atoms. The van der Waals surface area contributed by atoms with Crippen molar-refractivity contribution in [1.82, 2.24) is 0 Å². The lowest BCUT2D eigenvalue weighted by Gasteiger charge is -2.43. The number of aliphatic hydroxyl groups excluding tert-OH is 2. The van der Waals surface area contributed by atoms with Crippen LogP contribution in [-0.2, 0) is 18.6 Å². The van der Waals surface area contributed by atoms with Gasteiger partial charge in [0.25, 0.3) is 0 Å². The quantitative estimate of drug-likeness (QED) is 0.0254. The predicted molar refractivity (Wildman–Crippen MR) is 163 cm³/mol. The van der Waals surface area contributed by atoms with Crippen LogP contribution in [0.5, 0.6) is 0 Å². The Kier molecular flexibility index (Phi) is 24.1. The molecule has 0 aliphatic rings. The molecule has 0 heterocycles. The molecule has 0 aromatic rings. The number of unbranched alkanes of at least 4 members (excludes halogenated alkanes) is 13. The van der Waals surface area contributed by atoms with Gasteiger partial charge in [-0.3, -0.25) is 4.79 Å². The Morgan fingerprint density at radius 1 is 0.829 bits per heavy atom. The van der Waals surface area contributed by atoms with Gasteiger partial charge in [-0.1, -0.05) is 90.2 Å². The molecule has 9 nitrogen and oxygen atoms in total. The van der Waals surface area contributed by atoms with E-state index in [0.717, 1.165) is 19.3 Å². The summed E-state index contributed by atoms with van der Waals surface area (Å²) in [6.45, 7) is 3.37. The Morgan fingerprint density at radius 3 is 1.85 bits per heavy atom. The summed E-state index contributed by atoms with van der Waals surface area (Å²) in [6.07, 6.45) is 20.5. The maximum Gasteiger partial charge on any atom is 0.305 e. The molecule has 0 saturated carbocycles. The largest absolute Gasteiger partial charge is 0.774 e. The number of allylic oxidation sites excluding steroid dienone is 2. The fourth-order valence-electron chi connectivity index (χ4n) is 4.98. The molecule has 10 heteroatoms. The molecule has 3 atom stereocenters. The first-order valence-corrected chi connectivity index (χ1v) is 17.7. The lowest BCUT2D eigenvalue weighted by atomic mass is 10.1. The van der Waals surface area contributed by atoms with Crippen molar-refractivity contribution in [3.63, 3.8) is 0 Å². The molecule has 3 N–H and O–H groups in total. The normalized spacial score (nSPS) is 15.3. The zero-order valence-corrected chi connectivity index (χ0v) is 27.4. The van der Waals surface area contributed by atoms with Crippen LogP contribution in [-0.4, -0.2) is 77.8 Å². The fourth-order valence-corrected chi connectivity index (χ4v) is 6.86. The van der Waals surface area contributed by atoms with Gasteiger partial charge in [0.05, 0.1) is 27.2 Å². The Morgan fingerprint density at radius 2 is 1.34 bits per heavy atom. The number of aliphatic hydroxyl groups is 3. The molecule has 0 aromatic heterocycles. The van der Waals surface area contributed by atoms with E-state index in [1.54, 1.807) is 21.0 Å². The van der Waals surface area contributed by atoms with Crippen LogP contribution >= 0.6 is 7.60 Å². The Labute approximate surface area is 250 Å². The van der Waals surface area contributed by atoms with Gasteiger partial charge in [0.15, 0.2) is 19.7 Å². The molecule has 2 unspecified atom stereocenters. The highest BCUT2D eigenvalue weighted by Gasteiger charge is 2.37. The first kappa shape index (κ1) is 40.2. The second-order valence-electron chi connectivity index (χ2n) is 11.9. The van der Waals surface area contributed by atoms with Gasteiger partial charge in [0.2, 0.25) is 0 Å². The van der Waals surface area contributed by atoms with E-state index in [1.807, 2.05) is 0 Å². The summed E-state index contributed by atoms with van der Waals surface area (Å²) in [5.74, 6) is -1.32. The third-order valence-electron chi connectivity index (χ3n) is 7.53. The van der Waals surface area contributed by atoms with Crippen LogP contribution in [0.2, 0.25) is 0 Å². The molecule has 0 amide bonds. The first-order valence-electron chi connectivity index (χ1n) is 16.1. The van der Waals surface area contributed by atoms with E-state index in [2.05, 4.69) is 19.1 Å². The van der Waals surface area contributed by atoms with Gasteiger partial charge in [-0.05, 0) is 32.1 Å². The highest BCUT2D eigenvalue weighted by Crippen LogP contribution is 2.48. The van der Waals surface area contributed by atoms with Gasteiger partial charge in [0.1, 0.15) is 12.7 Å². The molecule has 244 valence electrons. The summed E-state index contributed by atoms with van der Waals surface area (Å²) < 4.78 is 22.9. The highest BCUT2D eigenvalue weighted by atomic mass is 31.2. The maximum absolute atomic E-state index is 12.7. The van der Waals surface area contributed by atoms with E-state index in [-0.39, 0.29) is 36.9 Å². The van der Waals surface area contributed by atoms with Crippen molar-refractivity contribution in [2.75, 3.05) is 33.9 Å². The maximum atomic E-state index is 12.7. The molecule has 0 radical (unpaired) electrons. The molecule has 0 fully saturated rings. The fraction of sp³-hybridized carbons (Fsp3) is 0.903. The number of ether oxygens (including phenoxy) is 1. The number of nitrogens with zero attached hydrogens (tertiary/aromatic N) is 1. The summed E-state index contributed by atoms with van der Waals surface area (Å²) >= 11 is 0. The standard InChI is InChI=1S/C31H62NO8P/c1-5-7-8-9-10-11-12-13-14-15-16-17-18-19-20-21-22-23-31(36)39-26-28(33)27-40-41(37,38)29(6-2)32(3,4)25-24-30(34)35/h12-13,28-30,33-35H,5-11,14-27H2,1-4H3/b13-12-/t28-,29?/m1/s1. The lowest BCUT2D eigenvalue weighted by molar-refractivity contribution is -0.904. The molecular formula is C31H62NO8P. The van der Waals surface area contributed by atoms with Crippen molar-refractivity contribution >= 4 is 13.6 Å². The van der Waals surface area contributed by atoms with Crippen LogP contribution in [0.25, 0.3) is 0 Å². The molecule has 0 aliphatic heterocycles. The van der Waals surface area contributed by atoms with Gasteiger partial charge >= 0.3 is 5.97 Å². The second kappa shape index (κ2) is 24.6. The summed E-state index contributed by atoms with van der Waals surface area (Å²) in [5, 5.41) is 28.3. The van der Waals surface area contributed by atoms with E-state index in [1.165, 1.54) is 77.0 Å². The van der Waals surface area contributed by atoms with E-state index in [9.17, 15) is 19.4 Å². The Hall–Kier alpha value is -0.800. The van der Waals surface area contributed by atoms with Crippen LogP contribution in [0.1, 0.15) is 129 Å². The SMILES string of the molecule is CCCCCCC/C=C\CCCCCCCCCCC(=O)OC[C@@H](O)COP(=O)([O-])C(CC)[N+](C)(C)CCC(O)O. The minimum Gasteiger partial charge on any atom is -0.774 e. The number of quaternary nitrogens is 1.